The first-order chi connectivity index (χ1) is 7.15. The molecule has 0 aliphatic carbocycles. The molecule has 0 N–H and O–H groups in total. The minimum atomic E-state index is 0.614. The molecule has 0 saturated carbocycles. The fraction of sp³-hybridized carbons (Fsp3) is 0.100. The Morgan fingerprint density at radius 1 is 1.47 bits per heavy atom. The van der Waals surface area contributed by atoms with Gasteiger partial charge in [-0.3, -0.25) is 0 Å². The summed E-state index contributed by atoms with van der Waals surface area (Å²) in [6.45, 7) is 1.94. The summed E-state index contributed by atoms with van der Waals surface area (Å²) >= 11 is 10.6. The summed E-state index contributed by atoms with van der Waals surface area (Å²) in [4.78, 5) is 4.14. The zero-order valence-electron chi connectivity index (χ0n) is 7.83. The van der Waals surface area contributed by atoms with Crippen molar-refractivity contribution >= 4 is 38.9 Å². The van der Waals surface area contributed by atoms with Crippen molar-refractivity contribution in [2.45, 2.75) is 6.92 Å². The topological polar surface area (TPSA) is 22.1 Å². The van der Waals surface area contributed by atoms with Gasteiger partial charge in [-0.25, -0.2) is 0 Å². The molecule has 2 nitrogen and oxygen atoms in total. The maximum Gasteiger partial charge on any atom is 0.279 e. The SMILES string of the molecule is Cc1cc(Oc2nc(Br)cs2)ccc1Cl. The average molecular weight is 305 g/mol. The van der Waals surface area contributed by atoms with Crippen molar-refractivity contribution in [2.75, 3.05) is 0 Å². The highest BCUT2D eigenvalue weighted by Crippen LogP contribution is 2.29. The molecule has 0 fully saturated rings. The largest absolute Gasteiger partial charge is 0.431 e. The number of ether oxygens (including phenoxy) is 1. The van der Waals surface area contributed by atoms with Crippen molar-refractivity contribution in [1.82, 2.24) is 4.98 Å². The van der Waals surface area contributed by atoms with E-state index in [9.17, 15) is 0 Å². The van der Waals surface area contributed by atoms with Crippen LogP contribution in [0.3, 0.4) is 0 Å². The molecule has 2 aromatic rings. The van der Waals surface area contributed by atoms with E-state index in [4.69, 9.17) is 16.3 Å². The summed E-state index contributed by atoms with van der Waals surface area (Å²) in [6, 6.07) is 5.52. The van der Waals surface area contributed by atoms with Crippen LogP contribution in [0.5, 0.6) is 10.9 Å². The molecule has 78 valence electrons. The van der Waals surface area contributed by atoms with Gasteiger partial charge in [0.25, 0.3) is 5.19 Å². The Labute approximate surface area is 105 Å². The lowest BCUT2D eigenvalue weighted by Gasteiger charge is -2.03. The second-order valence-corrected chi connectivity index (χ2v) is 4.99. The summed E-state index contributed by atoms with van der Waals surface area (Å²) in [7, 11) is 0. The van der Waals surface area contributed by atoms with Crippen molar-refractivity contribution in [2.24, 2.45) is 0 Å². The molecule has 0 unspecified atom stereocenters. The Hall–Kier alpha value is -0.580. The summed E-state index contributed by atoms with van der Waals surface area (Å²) in [6.07, 6.45) is 0. The van der Waals surface area contributed by atoms with Crippen LogP contribution in [0.4, 0.5) is 0 Å². The minimum Gasteiger partial charge on any atom is -0.431 e. The predicted molar refractivity (Wildman–Crippen MR) is 66.1 cm³/mol. The van der Waals surface area contributed by atoms with Gasteiger partial charge in [0, 0.05) is 10.4 Å². The van der Waals surface area contributed by atoms with E-state index in [0.717, 1.165) is 20.9 Å². The van der Waals surface area contributed by atoms with Gasteiger partial charge < -0.3 is 4.74 Å². The molecule has 5 heteroatoms. The summed E-state index contributed by atoms with van der Waals surface area (Å²) in [5, 5.41) is 3.23. The molecular weight excluding hydrogens is 298 g/mol. The van der Waals surface area contributed by atoms with Gasteiger partial charge in [0.1, 0.15) is 10.4 Å². The van der Waals surface area contributed by atoms with Crippen molar-refractivity contribution < 1.29 is 4.74 Å². The molecule has 0 radical (unpaired) electrons. The van der Waals surface area contributed by atoms with Crippen LogP contribution in [0.1, 0.15) is 5.56 Å². The van der Waals surface area contributed by atoms with Crippen LogP contribution in [-0.4, -0.2) is 4.98 Å². The number of hydrogen-bond donors (Lipinski definition) is 0. The van der Waals surface area contributed by atoms with Crippen LogP contribution in [0.25, 0.3) is 0 Å². The molecule has 0 aliphatic rings. The van der Waals surface area contributed by atoms with Crippen LogP contribution in [-0.2, 0) is 0 Å². The average Bonchev–Trinajstić information content (AvgIpc) is 2.58. The smallest absolute Gasteiger partial charge is 0.279 e. The molecule has 1 aromatic heterocycles. The summed E-state index contributed by atoms with van der Waals surface area (Å²) in [5.41, 5.74) is 0.991. The minimum absolute atomic E-state index is 0.614. The lowest BCUT2D eigenvalue weighted by atomic mass is 10.2. The second-order valence-electron chi connectivity index (χ2n) is 2.95. The monoisotopic (exact) mass is 303 g/mol. The van der Waals surface area contributed by atoms with E-state index >= 15 is 0 Å². The highest BCUT2D eigenvalue weighted by atomic mass is 79.9. The maximum atomic E-state index is 5.91. The molecule has 0 atom stereocenters. The van der Waals surface area contributed by atoms with E-state index < -0.39 is 0 Å². The Morgan fingerprint density at radius 3 is 2.87 bits per heavy atom. The number of nitrogens with zero attached hydrogens (tertiary/aromatic N) is 1. The predicted octanol–water partition coefficient (Wildman–Crippen LogP) is 4.66. The molecule has 1 aromatic carbocycles. The Kier molecular flexibility index (Phi) is 3.29. The number of aromatic nitrogens is 1. The maximum absolute atomic E-state index is 5.91. The Bertz CT molecular complexity index is 486. The van der Waals surface area contributed by atoms with Crippen LogP contribution in [0.15, 0.2) is 28.2 Å². The van der Waals surface area contributed by atoms with Gasteiger partial charge in [-0.15, -0.1) is 0 Å². The number of rotatable bonds is 2. The number of thiazole rings is 1. The molecule has 0 spiro atoms. The van der Waals surface area contributed by atoms with Gasteiger partial charge in [0.2, 0.25) is 0 Å². The molecule has 2 rings (SSSR count). The molecular formula is C10H7BrClNOS. The van der Waals surface area contributed by atoms with Gasteiger partial charge in [0.05, 0.1) is 0 Å². The van der Waals surface area contributed by atoms with Gasteiger partial charge in [0.15, 0.2) is 0 Å². The van der Waals surface area contributed by atoms with E-state index in [1.165, 1.54) is 11.3 Å². The fourth-order valence-corrected chi connectivity index (χ4v) is 2.29. The molecule has 0 aliphatic heterocycles. The van der Waals surface area contributed by atoms with Crippen LogP contribution in [0.2, 0.25) is 5.02 Å². The van der Waals surface area contributed by atoms with Crippen molar-refractivity contribution in [1.29, 1.82) is 0 Å². The van der Waals surface area contributed by atoms with E-state index in [-0.39, 0.29) is 0 Å². The van der Waals surface area contributed by atoms with Gasteiger partial charge >= 0.3 is 0 Å². The number of benzene rings is 1. The summed E-state index contributed by atoms with van der Waals surface area (Å²) in [5.74, 6) is 0.749. The van der Waals surface area contributed by atoms with Crippen molar-refractivity contribution in [3.8, 4) is 10.9 Å². The second kappa shape index (κ2) is 4.51. The number of aryl methyl sites for hydroxylation is 1. The normalized spacial score (nSPS) is 10.3. The zero-order chi connectivity index (χ0) is 10.8. The summed E-state index contributed by atoms with van der Waals surface area (Å²) < 4.78 is 6.34. The third-order valence-corrected chi connectivity index (χ3v) is 3.64. The first kappa shape index (κ1) is 10.9. The quantitative estimate of drug-likeness (QED) is 0.805. The fourth-order valence-electron chi connectivity index (χ4n) is 1.07. The van der Waals surface area contributed by atoms with Crippen LogP contribution in [0, 0.1) is 6.92 Å². The highest BCUT2D eigenvalue weighted by molar-refractivity contribution is 9.10. The van der Waals surface area contributed by atoms with Crippen LogP contribution < -0.4 is 4.74 Å². The Morgan fingerprint density at radius 2 is 2.27 bits per heavy atom. The number of hydrogen-bond acceptors (Lipinski definition) is 3. The first-order valence-electron chi connectivity index (χ1n) is 4.20. The highest BCUT2D eigenvalue weighted by Gasteiger charge is 2.03. The molecule has 15 heavy (non-hydrogen) atoms. The van der Waals surface area contributed by atoms with Crippen molar-refractivity contribution in [3.63, 3.8) is 0 Å². The number of halogens is 2. The Balaban J connectivity index is 2.21. The lowest BCUT2D eigenvalue weighted by Crippen LogP contribution is -1.84. The first-order valence-corrected chi connectivity index (χ1v) is 6.25. The zero-order valence-corrected chi connectivity index (χ0v) is 11.0. The van der Waals surface area contributed by atoms with Crippen LogP contribution >= 0.6 is 38.9 Å². The third-order valence-electron chi connectivity index (χ3n) is 1.79. The van der Waals surface area contributed by atoms with E-state index in [0.29, 0.717) is 5.19 Å². The molecule has 1 heterocycles. The lowest BCUT2D eigenvalue weighted by molar-refractivity contribution is 0.477. The standard InChI is InChI=1S/C10H7BrClNOS/c1-6-4-7(2-3-8(6)12)14-10-13-9(11)5-15-10/h2-5H,1H3. The molecule has 0 bridgehead atoms. The molecule has 0 amide bonds. The third kappa shape index (κ3) is 2.71. The van der Waals surface area contributed by atoms with Crippen molar-refractivity contribution in [3.05, 3.63) is 38.8 Å². The molecule has 0 saturated heterocycles. The van der Waals surface area contributed by atoms with Gasteiger partial charge in [-0.1, -0.05) is 22.9 Å². The van der Waals surface area contributed by atoms with E-state index in [2.05, 4.69) is 20.9 Å². The van der Waals surface area contributed by atoms with Gasteiger partial charge in [-0.2, -0.15) is 4.98 Å². The van der Waals surface area contributed by atoms with Gasteiger partial charge in [-0.05, 0) is 46.6 Å². The van der Waals surface area contributed by atoms with E-state index in [1.54, 1.807) is 0 Å². The van der Waals surface area contributed by atoms with E-state index in [1.807, 2.05) is 30.5 Å².